The molecule has 0 amide bonds. The predicted molar refractivity (Wildman–Crippen MR) is 99.9 cm³/mol. The van der Waals surface area contributed by atoms with Gasteiger partial charge in [0.25, 0.3) is 0 Å². The summed E-state index contributed by atoms with van der Waals surface area (Å²) in [6.07, 6.45) is 8.29. The Morgan fingerprint density at radius 2 is 1.61 bits per heavy atom. The van der Waals surface area contributed by atoms with Crippen molar-refractivity contribution in [2.24, 2.45) is 16.0 Å². The molecule has 0 spiro atoms. The Labute approximate surface area is 144 Å². The quantitative estimate of drug-likeness (QED) is 0.245. The molecule has 0 aromatic rings. The number of hydrogen-bond acceptors (Lipinski definition) is 3. The van der Waals surface area contributed by atoms with Gasteiger partial charge in [-0.25, -0.2) is 0 Å². The lowest BCUT2D eigenvalue weighted by atomic mass is 9.83. The molecule has 3 nitrogen and oxygen atoms in total. The second-order valence-electron chi connectivity index (χ2n) is 8.56. The van der Waals surface area contributed by atoms with Gasteiger partial charge in [0.1, 0.15) is 12.4 Å². The van der Waals surface area contributed by atoms with Gasteiger partial charge in [-0.1, -0.05) is 53.1 Å². The molecule has 136 valence electrons. The number of hydrogen-bond donors (Lipinski definition) is 0. The zero-order chi connectivity index (χ0) is 17.9. The lowest BCUT2D eigenvalue weighted by Gasteiger charge is -2.23. The molecule has 0 bridgehead atoms. The maximum absolute atomic E-state index is 11.8. The lowest BCUT2D eigenvalue weighted by molar-refractivity contribution is -0.126. The van der Waals surface area contributed by atoms with Crippen LogP contribution in [0, 0.1) is 10.8 Å². The highest BCUT2D eigenvalue weighted by Gasteiger charge is 2.20. The largest absolute Gasteiger partial charge is 0.396 e. The summed E-state index contributed by atoms with van der Waals surface area (Å²) in [5, 5.41) is 4.21. The third kappa shape index (κ3) is 12.3. The number of rotatable bonds is 12. The van der Waals surface area contributed by atoms with Crippen LogP contribution in [0.25, 0.3) is 0 Å². The summed E-state index contributed by atoms with van der Waals surface area (Å²) < 4.78 is 0. The molecule has 0 fully saturated rings. The van der Waals surface area contributed by atoms with Crippen LogP contribution in [0.3, 0.4) is 0 Å². The first-order valence-corrected chi connectivity index (χ1v) is 9.27. The third-order valence-electron chi connectivity index (χ3n) is 4.29. The molecular formula is C20H39NO2. The van der Waals surface area contributed by atoms with Gasteiger partial charge in [0.15, 0.2) is 0 Å². The van der Waals surface area contributed by atoms with Crippen LogP contribution < -0.4 is 0 Å². The Hall–Kier alpha value is -0.860. The van der Waals surface area contributed by atoms with E-state index in [0.29, 0.717) is 24.2 Å². The van der Waals surface area contributed by atoms with Crippen molar-refractivity contribution in [2.75, 3.05) is 6.61 Å². The van der Waals surface area contributed by atoms with Crippen LogP contribution in [0.2, 0.25) is 0 Å². The van der Waals surface area contributed by atoms with Crippen molar-refractivity contribution < 1.29 is 9.63 Å². The van der Waals surface area contributed by atoms with Gasteiger partial charge in [0.05, 0.1) is 5.71 Å². The molecule has 0 atom stereocenters. The van der Waals surface area contributed by atoms with Gasteiger partial charge in [-0.05, 0) is 50.9 Å². The molecule has 0 aliphatic heterocycles. The van der Waals surface area contributed by atoms with E-state index < -0.39 is 0 Å². The smallest absolute Gasteiger partial charge is 0.138 e. The van der Waals surface area contributed by atoms with E-state index in [4.69, 9.17) is 4.84 Å². The van der Waals surface area contributed by atoms with E-state index in [-0.39, 0.29) is 5.41 Å². The molecule has 3 heteroatoms. The van der Waals surface area contributed by atoms with Crippen molar-refractivity contribution in [1.82, 2.24) is 0 Å². The maximum Gasteiger partial charge on any atom is 0.138 e. The number of nitrogens with zero attached hydrogens (tertiary/aromatic N) is 1. The number of ketones is 1. The first kappa shape index (κ1) is 22.1. The van der Waals surface area contributed by atoms with E-state index in [1.165, 1.54) is 12.8 Å². The van der Waals surface area contributed by atoms with Crippen molar-refractivity contribution in [2.45, 2.75) is 99.8 Å². The molecule has 0 radical (unpaired) electrons. The van der Waals surface area contributed by atoms with E-state index in [9.17, 15) is 4.79 Å². The number of Topliss-reactive ketones (excluding diaryl/α,β-unsaturated/α-hetero) is 1. The molecule has 23 heavy (non-hydrogen) atoms. The fourth-order valence-electron chi connectivity index (χ4n) is 2.53. The molecule has 0 aromatic carbocycles. The van der Waals surface area contributed by atoms with E-state index in [1.54, 1.807) is 0 Å². The summed E-state index contributed by atoms with van der Waals surface area (Å²) in [6.45, 7) is 15.5. The monoisotopic (exact) mass is 325 g/mol. The molecule has 0 saturated carbocycles. The summed E-state index contributed by atoms with van der Waals surface area (Å²) in [7, 11) is 0. The van der Waals surface area contributed by atoms with Crippen LogP contribution in [0.15, 0.2) is 5.16 Å². The van der Waals surface area contributed by atoms with Crippen molar-refractivity contribution >= 4 is 11.5 Å². The highest BCUT2D eigenvalue weighted by Crippen LogP contribution is 2.28. The van der Waals surface area contributed by atoms with Crippen molar-refractivity contribution in [3.8, 4) is 0 Å². The van der Waals surface area contributed by atoms with Crippen LogP contribution >= 0.6 is 0 Å². The standard InChI is InChI=1S/C20H39NO2/c1-8-14-20(6,7)15-13-17(2)21-23-16-11-9-10-12-18(22)19(3,4)5/h8-16H2,1-7H3/b21-17+. The second kappa shape index (κ2) is 10.8. The molecule has 0 rings (SSSR count). The van der Waals surface area contributed by atoms with Gasteiger partial charge in [-0.15, -0.1) is 0 Å². The van der Waals surface area contributed by atoms with Gasteiger partial charge in [0, 0.05) is 11.8 Å². The molecule has 0 saturated heterocycles. The van der Waals surface area contributed by atoms with Crippen LogP contribution in [-0.2, 0) is 9.63 Å². The Morgan fingerprint density at radius 3 is 2.17 bits per heavy atom. The van der Waals surface area contributed by atoms with E-state index in [2.05, 4.69) is 25.9 Å². The first-order chi connectivity index (χ1) is 10.6. The summed E-state index contributed by atoms with van der Waals surface area (Å²) in [5.41, 5.74) is 1.27. The average molecular weight is 326 g/mol. The zero-order valence-electron chi connectivity index (χ0n) is 16.6. The van der Waals surface area contributed by atoms with Gasteiger partial charge >= 0.3 is 0 Å². The first-order valence-electron chi connectivity index (χ1n) is 9.27. The van der Waals surface area contributed by atoms with Gasteiger partial charge < -0.3 is 4.84 Å². The second-order valence-corrected chi connectivity index (χ2v) is 8.56. The van der Waals surface area contributed by atoms with Crippen molar-refractivity contribution in [3.63, 3.8) is 0 Å². The minimum absolute atomic E-state index is 0.205. The number of carbonyl (C=O) groups excluding carboxylic acids is 1. The number of carbonyl (C=O) groups is 1. The molecular weight excluding hydrogens is 286 g/mol. The summed E-state index contributed by atoms with van der Waals surface area (Å²) in [5.74, 6) is 0.349. The van der Waals surface area contributed by atoms with Crippen LogP contribution in [0.1, 0.15) is 99.8 Å². The Bertz CT molecular complexity index is 364. The number of unbranched alkanes of at least 4 members (excludes halogenated alkanes) is 2. The van der Waals surface area contributed by atoms with E-state index in [0.717, 1.165) is 37.8 Å². The molecule has 0 aromatic heterocycles. The van der Waals surface area contributed by atoms with Crippen LogP contribution in [0.4, 0.5) is 0 Å². The van der Waals surface area contributed by atoms with Gasteiger partial charge in [-0.3, -0.25) is 4.79 Å². The highest BCUT2D eigenvalue weighted by atomic mass is 16.6. The van der Waals surface area contributed by atoms with Crippen LogP contribution in [-0.4, -0.2) is 18.1 Å². The topological polar surface area (TPSA) is 38.7 Å². The fraction of sp³-hybridized carbons (Fsp3) is 0.900. The van der Waals surface area contributed by atoms with Gasteiger partial charge in [0.2, 0.25) is 0 Å². The van der Waals surface area contributed by atoms with Gasteiger partial charge in [-0.2, -0.15) is 0 Å². The maximum atomic E-state index is 11.8. The fourth-order valence-corrected chi connectivity index (χ4v) is 2.53. The summed E-state index contributed by atoms with van der Waals surface area (Å²) in [4.78, 5) is 17.2. The lowest BCUT2D eigenvalue weighted by Crippen LogP contribution is -2.19. The average Bonchev–Trinajstić information content (AvgIpc) is 2.43. The van der Waals surface area contributed by atoms with Crippen molar-refractivity contribution in [1.29, 1.82) is 0 Å². The normalized spacial score (nSPS) is 13.3. The van der Waals surface area contributed by atoms with Crippen LogP contribution in [0.5, 0.6) is 0 Å². The Morgan fingerprint density at radius 1 is 0.957 bits per heavy atom. The molecule has 0 aliphatic carbocycles. The zero-order valence-corrected chi connectivity index (χ0v) is 16.6. The summed E-state index contributed by atoms with van der Waals surface area (Å²) >= 11 is 0. The SMILES string of the molecule is CCCC(C)(C)CC/C(C)=N/OCCCCCC(=O)C(C)(C)C. The predicted octanol–water partition coefficient (Wildman–Crippen LogP) is 6.16. The summed E-state index contributed by atoms with van der Waals surface area (Å²) in [6, 6.07) is 0. The highest BCUT2D eigenvalue weighted by molar-refractivity contribution is 5.83. The Balaban J connectivity index is 3.72. The molecule has 0 aliphatic rings. The van der Waals surface area contributed by atoms with E-state index >= 15 is 0 Å². The Kier molecular flexibility index (Phi) is 10.4. The van der Waals surface area contributed by atoms with Crippen molar-refractivity contribution in [3.05, 3.63) is 0 Å². The molecule has 0 unspecified atom stereocenters. The van der Waals surface area contributed by atoms with E-state index in [1.807, 2.05) is 27.7 Å². The minimum Gasteiger partial charge on any atom is -0.396 e. The molecule has 0 N–H and O–H groups in total. The number of oxime groups is 1. The third-order valence-corrected chi connectivity index (χ3v) is 4.29. The minimum atomic E-state index is -0.205. The molecule has 0 heterocycles.